The summed E-state index contributed by atoms with van der Waals surface area (Å²) in [7, 11) is 0. The predicted molar refractivity (Wildman–Crippen MR) is 255 cm³/mol. The second-order valence-electron chi connectivity index (χ2n) is 15.4. The van der Waals surface area contributed by atoms with Crippen LogP contribution in [0, 0.1) is 13.8 Å². The van der Waals surface area contributed by atoms with E-state index in [4.69, 9.17) is 0 Å². The molecule has 0 radical (unpaired) electrons. The maximum absolute atomic E-state index is 2.47. The number of thiophene rings is 2. The number of nitrogens with zero attached hydrogens (tertiary/aromatic N) is 2. The number of aryl methyl sites for hydroxylation is 2. The third kappa shape index (κ3) is 5.02. The Labute approximate surface area is 344 Å². The highest BCUT2D eigenvalue weighted by Crippen LogP contribution is 2.50. The topological polar surface area (TPSA) is 6.48 Å². The van der Waals surface area contributed by atoms with Crippen molar-refractivity contribution in [3.05, 3.63) is 193 Å². The van der Waals surface area contributed by atoms with Gasteiger partial charge in [0.05, 0.1) is 11.4 Å². The highest BCUT2D eigenvalue weighted by atomic mass is 32.1. The number of hydrogen-bond donors (Lipinski definition) is 0. The normalized spacial score (nSPS) is 12.0. The minimum absolute atomic E-state index is 1.14. The molecule has 2 heterocycles. The molecule has 0 atom stereocenters. The molecule has 0 spiro atoms. The molecule has 0 amide bonds. The van der Waals surface area contributed by atoms with Crippen molar-refractivity contribution in [2.75, 3.05) is 9.80 Å². The van der Waals surface area contributed by atoms with Crippen LogP contribution in [-0.4, -0.2) is 0 Å². The third-order valence-corrected chi connectivity index (χ3v) is 14.3. The molecule has 4 heteroatoms. The van der Waals surface area contributed by atoms with E-state index in [1.807, 2.05) is 22.7 Å². The monoisotopic (exact) mass is 776 g/mol. The molecule has 2 aromatic heterocycles. The molecule has 10 aromatic carbocycles. The Hall–Kier alpha value is -6.72. The smallest absolute Gasteiger partial charge is 0.0543 e. The molecule has 12 aromatic rings. The van der Waals surface area contributed by atoms with Crippen molar-refractivity contribution in [1.82, 2.24) is 0 Å². The fraction of sp³-hybridized carbons (Fsp3) is 0.0370. The number of anilines is 6. The summed E-state index contributed by atoms with van der Waals surface area (Å²) in [6, 6.07) is 67.5. The van der Waals surface area contributed by atoms with Crippen LogP contribution in [-0.2, 0) is 0 Å². The van der Waals surface area contributed by atoms with E-state index in [-0.39, 0.29) is 0 Å². The molecule has 58 heavy (non-hydrogen) atoms. The fourth-order valence-corrected chi connectivity index (χ4v) is 11.6. The van der Waals surface area contributed by atoms with E-state index in [0.29, 0.717) is 0 Å². The summed E-state index contributed by atoms with van der Waals surface area (Å²) in [5, 5.41) is 12.9. The van der Waals surface area contributed by atoms with Gasteiger partial charge >= 0.3 is 0 Å². The van der Waals surface area contributed by atoms with Gasteiger partial charge in [0.15, 0.2) is 0 Å². The lowest BCUT2D eigenvalue weighted by atomic mass is 9.88. The van der Waals surface area contributed by atoms with Crippen LogP contribution in [0.4, 0.5) is 34.1 Å². The Balaban J connectivity index is 1.13. The zero-order valence-electron chi connectivity index (χ0n) is 32.0. The van der Waals surface area contributed by atoms with Crippen LogP contribution in [0.2, 0.25) is 0 Å². The van der Waals surface area contributed by atoms with Gasteiger partial charge in [0.25, 0.3) is 0 Å². The lowest BCUT2D eigenvalue weighted by molar-refractivity contribution is 1.29. The van der Waals surface area contributed by atoms with E-state index in [1.54, 1.807) is 0 Å². The summed E-state index contributed by atoms with van der Waals surface area (Å²) in [4.78, 5) is 4.93. The highest BCUT2D eigenvalue weighted by Gasteiger charge is 2.24. The second-order valence-corrected chi connectivity index (χ2v) is 17.6. The average Bonchev–Trinajstić information content (AvgIpc) is 3.83. The number of para-hydroxylation sites is 2. The fourth-order valence-electron chi connectivity index (χ4n) is 9.39. The molecule has 0 N–H and O–H groups in total. The molecule has 2 nitrogen and oxygen atoms in total. The quantitative estimate of drug-likeness (QED) is 0.155. The van der Waals surface area contributed by atoms with Gasteiger partial charge in [-0.2, -0.15) is 0 Å². The van der Waals surface area contributed by atoms with Gasteiger partial charge in [-0.3, -0.25) is 0 Å². The summed E-state index contributed by atoms with van der Waals surface area (Å²) in [5.74, 6) is 0. The van der Waals surface area contributed by atoms with E-state index in [1.165, 1.54) is 95.2 Å². The summed E-state index contributed by atoms with van der Waals surface area (Å²) in [6.07, 6.45) is 0. The average molecular weight is 777 g/mol. The maximum atomic E-state index is 2.47. The second kappa shape index (κ2) is 12.9. The molecule has 0 aliphatic heterocycles. The van der Waals surface area contributed by atoms with Crippen LogP contribution in [0.15, 0.2) is 182 Å². The van der Waals surface area contributed by atoms with Crippen molar-refractivity contribution in [2.24, 2.45) is 0 Å². The number of rotatable bonds is 6. The molecule has 0 aliphatic carbocycles. The van der Waals surface area contributed by atoms with Gasteiger partial charge in [-0.1, -0.05) is 97.1 Å². The Morgan fingerprint density at radius 2 is 0.672 bits per heavy atom. The Morgan fingerprint density at radius 1 is 0.293 bits per heavy atom. The summed E-state index contributed by atoms with van der Waals surface area (Å²) >= 11 is 3.73. The van der Waals surface area contributed by atoms with Gasteiger partial charge in [-0.15, -0.1) is 22.7 Å². The van der Waals surface area contributed by atoms with E-state index in [0.717, 1.165) is 22.7 Å². The number of fused-ring (bicyclic) bond motifs is 6. The largest absolute Gasteiger partial charge is 0.310 e. The van der Waals surface area contributed by atoms with Gasteiger partial charge in [0.1, 0.15) is 0 Å². The summed E-state index contributed by atoms with van der Waals surface area (Å²) < 4.78 is 5.25. The molecule has 274 valence electrons. The first kappa shape index (κ1) is 33.4. The first-order valence-corrected chi connectivity index (χ1v) is 21.5. The number of hydrogen-bond acceptors (Lipinski definition) is 4. The molecule has 0 saturated heterocycles. The van der Waals surface area contributed by atoms with E-state index >= 15 is 0 Å². The van der Waals surface area contributed by atoms with Crippen molar-refractivity contribution < 1.29 is 0 Å². The molecule has 0 bridgehead atoms. The van der Waals surface area contributed by atoms with Crippen molar-refractivity contribution in [2.45, 2.75) is 13.8 Å². The van der Waals surface area contributed by atoms with Gasteiger partial charge in [0.2, 0.25) is 0 Å². The van der Waals surface area contributed by atoms with Gasteiger partial charge in [-0.05, 0) is 131 Å². The minimum Gasteiger partial charge on any atom is -0.310 e. The summed E-state index contributed by atoms with van der Waals surface area (Å²) in [5.41, 5.74) is 9.47. The van der Waals surface area contributed by atoms with Crippen molar-refractivity contribution in [3.63, 3.8) is 0 Å². The third-order valence-electron chi connectivity index (χ3n) is 12.0. The Bertz CT molecular complexity index is 3310. The van der Waals surface area contributed by atoms with E-state index in [9.17, 15) is 0 Å². The van der Waals surface area contributed by atoms with Crippen LogP contribution < -0.4 is 9.80 Å². The van der Waals surface area contributed by atoms with Gasteiger partial charge < -0.3 is 9.80 Å². The minimum atomic E-state index is 1.14. The zero-order valence-corrected chi connectivity index (χ0v) is 33.7. The molecule has 12 rings (SSSR count). The standard InChI is InChI=1S/C54H36N2S2/c1-33-29-47(55(35-13-5-3-6-14-35)37-21-27-51-45(31-37)41-17-9-11-19-49(41)57-51)43-26-24-40-34(2)30-48(44-25-23-39(33)53(43)54(40)44)56(36-15-7-4-8-16-36)38-22-28-52-46(32-38)42-18-10-12-20-50(42)58-52/h3-32H,1-2H3. The number of benzene rings is 10. The SMILES string of the molecule is Cc1cc(N(c2ccccc2)c2ccc3sc4ccccc4c3c2)c2ccc3c(C)cc(N(c4ccccc4)c4ccc5sc6ccccc6c5c4)c4ccc1c2c34. The molecular weight excluding hydrogens is 741 g/mol. The van der Waals surface area contributed by atoms with Gasteiger partial charge in [-0.25, -0.2) is 0 Å². The van der Waals surface area contributed by atoms with Crippen molar-refractivity contribution in [3.8, 4) is 0 Å². The van der Waals surface area contributed by atoms with Crippen LogP contribution in [0.1, 0.15) is 11.1 Å². The summed E-state index contributed by atoms with van der Waals surface area (Å²) in [6.45, 7) is 4.55. The van der Waals surface area contributed by atoms with Crippen LogP contribution in [0.25, 0.3) is 72.7 Å². The molecule has 0 fully saturated rings. The van der Waals surface area contributed by atoms with E-state index in [2.05, 4.69) is 206 Å². The van der Waals surface area contributed by atoms with Crippen LogP contribution in [0.5, 0.6) is 0 Å². The maximum Gasteiger partial charge on any atom is 0.0543 e. The van der Waals surface area contributed by atoms with Gasteiger partial charge in [0, 0.05) is 73.9 Å². The predicted octanol–water partition coefficient (Wildman–Crippen LogP) is 16.9. The lowest BCUT2D eigenvalue weighted by Gasteiger charge is -2.30. The Morgan fingerprint density at radius 3 is 1.12 bits per heavy atom. The lowest BCUT2D eigenvalue weighted by Crippen LogP contribution is -2.12. The van der Waals surface area contributed by atoms with Crippen molar-refractivity contribution in [1.29, 1.82) is 0 Å². The molecular formula is C54H36N2S2. The Kier molecular flexibility index (Phi) is 7.44. The van der Waals surface area contributed by atoms with Crippen LogP contribution in [0.3, 0.4) is 0 Å². The first-order valence-electron chi connectivity index (χ1n) is 19.8. The van der Waals surface area contributed by atoms with Crippen molar-refractivity contribution >= 4 is 129 Å². The first-order chi connectivity index (χ1) is 28.6. The molecule has 0 saturated carbocycles. The van der Waals surface area contributed by atoms with Crippen LogP contribution >= 0.6 is 22.7 Å². The molecule has 0 unspecified atom stereocenters. The molecule has 0 aliphatic rings. The zero-order chi connectivity index (χ0) is 38.5. The highest BCUT2D eigenvalue weighted by molar-refractivity contribution is 7.26. The van der Waals surface area contributed by atoms with E-state index < -0.39 is 0 Å².